The van der Waals surface area contributed by atoms with Crippen LogP contribution in [0.4, 0.5) is 5.69 Å². The molecule has 0 unspecified atom stereocenters. The molecule has 1 aliphatic heterocycles. The van der Waals surface area contributed by atoms with Crippen LogP contribution in [-0.2, 0) is 0 Å². The lowest BCUT2D eigenvalue weighted by Crippen LogP contribution is -2.47. The van der Waals surface area contributed by atoms with Crippen molar-refractivity contribution in [1.82, 2.24) is 14.9 Å². The number of piperazine rings is 1. The van der Waals surface area contributed by atoms with Crippen LogP contribution in [-0.4, -0.2) is 48.1 Å². The number of hydrogen-bond acceptors (Lipinski definition) is 4. The van der Waals surface area contributed by atoms with E-state index in [9.17, 15) is 9.59 Å². The van der Waals surface area contributed by atoms with Gasteiger partial charge in [-0.1, -0.05) is 0 Å². The van der Waals surface area contributed by atoms with Crippen LogP contribution in [0.5, 0.6) is 0 Å². The summed E-state index contributed by atoms with van der Waals surface area (Å²) < 4.78 is 0. The Morgan fingerprint density at radius 1 is 1.06 bits per heavy atom. The third kappa shape index (κ3) is 2.01. The van der Waals surface area contributed by atoms with E-state index in [0.717, 1.165) is 26.2 Å². The quantitative estimate of drug-likeness (QED) is 0.650. The highest BCUT2D eigenvalue weighted by atomic mass is 16.2. The molecule has 0 atom stereocenters. The lowest BCUT2D eigenvalue weighted by molar-refractivity contribution is 0.312. The molecule has 1 saturated heterocycles. The topological polar surface area (TPSA) is 72.2 Å². The van der Waals surface area contributed by atoms with Gasteiger partial charge in [0.1, 0.15) is 5.69 Å². The van der Waals surface area contributed by atoms with Crippen LogP contribution in [0.25, 0.3) is 0 Å². The van der Waals surface area contributed by atoms with Gasteiger partial charge in [0.15, 0.2) is 0 Å². The van der Waals surface area contributed by atoms with Crippen molar-refractivity contribution in [2.24, 2.45) is 0 Å². The van der Waals surface area contributed by atoms with Gasteiger partial charge in [-0.3, -0.25) is 9.78 Å². The number of likely N-dealkylation sites (N-methyl/N-ethyl adjacent to an activating group) is 1. The lowest BCUT2D eigenvalue weighted by Gasteiger charge is -2.33. The van der Waals surface area contributed by atoms with E-state index >= 15 is 0 Å². The molecule has 1 aliphatic rings. The molecule has 2 heterocycles. The molecule has 1 aromatic heterocycles. The molecule has 16 heavy (non-hydrogen) atoms. The molecule has 1 fully saturated rings. The number of aryl methyl sites for hydroxylation is 1. The maximum Gasteiger partial charge on any atom is 0.326 e. The molecule has 2 rings (SSSR count). The molecular weight excluding hydrogens is 208 g/mol. The van der Waals surface area contributed by atoms with Crippen LogP contribution in [0.2, 0.25) is 0 Å². The normalized spacial score (nSPS) is 17.8. The van der Waals surface area contributed by atoms with Gasteiger partial charge in [0.05, 0.1) is 0 Å². The fourth-order valence-corrected chi connectivity index (χ4v) is 2.00. The smallest absolute Gasteiger partial charge is 0.326 e. The largest absolute Gasteiger partial charge is 0.363 e. The second-order valence-corrected chi connectivity index (χ2v) is 4.17. The van der Waals surface area contributed by atoms with Crippen molar-refractivity contribution in [3.63, 3.8) is 0 Å². The van der Waals surface area contributed by atoms with Gasteiger partial charge in [-0.15, -0.1) is 0 Å². The minimum absolute atomic E-state index is 0.300. The Balaban J connectivity index is 2.34. The SMILES string of the molecule is Cc1[nH]c(=O)[nH]c(=O)c1N1CCN(C)CC1. The first-order valence-corrected chi connectivity index (χ1v) is 5.34. The van der Waals surface area contributed by atoms with Crippen LogP contribution in [0.1, 0.15) is 5.69 Å². The fourth-order valence-electron chi connectivity index (χ4n) is 2.00. The molecule has 1 aromatic rings. The van der Waals surface area contributed by atoms with Crippen LogP contribution < -0.4 is 16.1 Å². The zero-order valence-corrected chi connectivity index (χ0v) is 9.54. The number of rotatable bonds is 1. The van der Waals surface area contributed by atoms with Crippen molar-refractivity contribution in [3.8, 4) is 0 Å². The zero-order chi connectivity index (χ0) is 11.7. The summed E-state index contributed by atoms with van der Waals surface area (Å²) in [7, 11) is 2.06. The van der Waals surface area contributed by atoms with E-state index in [0.29, 0.717) is 11.4 Å². The van der Waals surface area contributed by atoms with Crippen LogP contribution in [0, 0.1) is 6.92 Å². The minimum Gasteiger partial charge on any atom is -0.363 e. The Bertz CT molecular complexity index is 482. The Hall–Kier alpha value is -1.56. The Morgan fingerprint density at radius 3 is 2.25 bits per heavy atom. The first-order chi connectivity index (χ1) is 7.58. The summed E-state index contributed by atoms with van der Waals surface area (Å²) in [5.74, 6) is 0. The third-order valence-corrected chi connectivity index (χ3v) is 2.92. The molecule has 0 aliphatic carbocycles. The van der Waals surface area contributed by atoms with Gasteiger partial charge >= 0.3 is 5.69 Å². The lowest BCUT2D eigenvalue weighted by atomic mass is 10.2. The molecule has 0 radical (unpaired) electrons. The summed E-state index contributed by atoms with van der Waals surface area (Å²) in [6.45, 7) is 5.24. The number of H-pyrrole nitrogens is 2. The molecule has 6 nitrogen and oxygen atoms in total. The summed E-state index contributed by atoms with van der Waals surface area (Å²) in [6.07, 6.45) is 0. The highest BCUT2D eigenvalue weighted by Gasteiger charge is 2.18. The number of nitrogens with zero attached hydrogens (tertiary/aromatic N) is 2. The summed E-state index contributed by atoms with van der Waals surface area (Å²) in [5.41, 5.74) is 0.484. The number of aromatic amines is 2. The highest BCUT2D eigenvalue weighted by Crippen LogP contribution is 2.12. The van der Waals surface area contributed by atoms with Crippen molar-refractivity contribution >= 4 is 5.69 Å². The maximum absolute atomic E-state index is 11.7. The second kappa shape index (κ2) is 4.13. The summed E-state index contributed by atoms with van der Waals surface area (Å²) in [6, 6.07) is 0. The summed E-state index contributed by atoms with van der Waals surface area (Å²) in [4.78, 5) is 31.9. The van der Waals surface area contributed by atoms with Crippen molar-refractivity contribution in [2.75, 3.05) is 38.1 Å². The van der Waals surface area contributed by atoms with E-state index in [1.807, 2.05) is 4.90 Å². The highest BCUT2D eigenvalue weighted by molar-refractivity contribution is 5.48. The molecule has 88 valence electrons. The fraction of sp³-hybridized carbons (Fsp3) is 0.600. The van der Waals surface area contributed by atoms with E-state index in [2.05, 4.69) is 21.9 Å². The number of nitrogens with one attached hydrogen (secondary N) is 2. The van der Waals surface area contributed by atoms with Crippen LogP contribution in [0.15, 0.2) is 9.59 Å². The first-order valence-electron chi connectivity index (χ1n) is 5.34. The van der Waals surface area contributed by atoms with Gasteiger partial charge in [-0.2, -0.15) is 0 Å². The van der Waals surface area contributed by atoms with Gasteiger partial charge in [0, 0.05) is 31.9 Å². The summed E-state index contributed by atoms with van der Waals surface area (Å²) in [5, 5.41) is 0. The summed E-state index contributed by atoms with van der Waals surface area (Å²) >= 11 is 0. The predicted molar refractivity (Wildman–Crippen MR) is 62.1 cm³/mol. The molecule has 0 bridgehead atoms. The van der Waals surface area contributed by atoms with Crippen molar-refractivity contribution in [1.29, 1.82) is 0 Å². The molecule has 2 N–H and O–H groups in total. The van der Waals surface area contributed by atoms with Gasteiger partial charge in [-0.05, 0) is 14.0 Å². The van der Waals surface area contributed by atoms with E-state index < -0.39 is 5.69 Å². The number of aromatic nitrogens is 2. The minimum atomic E-state index is -0.444. The molecule has 0 spiro atoms. The average Bonchev–Trinajstić information content (AvgIpc) is 2.19. The van der Waals surface area contributed by atoms with Crippen molar-refractivity contribution in [2.45, 2.75) is 6.92 Å². The molecule has 0 saturated carbocycles. The van der Waals surface area contributed by atoms with Gasteiger partial charge < -0.3 is 14.8 Å². The monoisotopic (exact) mass is 224 g/mol. The molecule has 0 aromatic carbocycles. The second-order valence-electron chi connectivity index (χ2n) is 4.17. The third-order valence-electron chi connectivity index (χ3n) is 2.92. The first kappa shape index (κ1) is 10.9. The van der Waals surface area contributed by atoms with Crippen LogP contribution >= 0.6 is 0 Å². The Labute approximate surface area is 92.9 Å². The molecule has 0 amide bonds. The van der Waals surface area contributed by atoms with Crippen LogP contribution in [0.3, 0.4) is 0 Å². The van der Waals surface area contributed by atoms with Crippen molar-refractivity contribution in [3.05, 3.63) is 26.5 Å². The number of anilines is 1. The van der Waals surface area contributed by atoms with E-state index in [1.54, 1.807) is 6.92 Å². The number of hydrogen-bond donors (Lipinski definition) is 2. The molecule has 6 heteroatoms. The maximum atomic E-state index is 11.7. The van der Waals surface area contributed by atoms with E-state index in [-0.39, 0.29) is 5.56 Å². The van der Waals surface area contributed by atoms with E-state index in [1.165, 1.54) is 0 Å². The standard InChI is InChI=1S/C10H16N4O2/c1-7-8(9(15)12-10(16)11-7)14-5-3-13(2)4-6-14/h3-6H2,1-2H3,(H2,11,12,15,16). The predicted octanol–water partition coefficient (Wildman–Crippen LogP) is -0.877. The molecular formula is C10H16N4O2. The van der Waals surface area contributed by atoms with Gasteiger partial charge in [-0.25, -0.2) is 4.79 Å². The van der Waals surface area contributed by atoms with Gasteiger partial charge in [0.25, 0.3) is 5.56 Å². The average molecular weight is 224 g/mol. The Kier molecular flexibility index (Phi) is 2.82. The zero-order valence-electron chi connectivity index (χ0n) is 9.54. The van der Waals surface area contributed by atoms with Crippen molar-refractivity contribution < 1.29 is 0 Å². The van der Waals surface area contributed by atoms with E-state index in [4.69, 9.17) is 0 Å². The Morgan fingerprint density at radius 2 is 1.69 bits per heavy atom. The van der Waals surface area contributed by atoms with Gasteiger partial charge in [0.2, 0.25) is 0 Å².